The van der Waals surface area contributed by atoms with Gasteiger partial charge in [0.25, 0.3) is 0 Å². The topological polar surface area (TPSA) is 30.2 Å². The number of hydrogen-bond acceptors (Lipinski definition) is 2. The Labute approximate surface area is 104 Å². The number of pyridine rings is 1. The van der Waals surface area contributed by atoms with Crippen LogP contribution in [0.5, 0.6) is 0 Å². The molecule has 0 saturated carbocycles. The Morgan fingerprint density at radius 3 is 2.50 bits per heavy atom. The van der Waals surface area contributed by atoms with Crippen molar-refractivity contribution in [1.29, 1.82) is 0 Å². The highest BCUT2D eigenvalue weighted by Crippen LogP contribution is 2.33. The van der Waals surface area contributed by atoms with E-state index < -0.39 is 18.2 Å². The molecule has 0 aliphatic heterocycles. The van der Waals surface area contributed by atoms with Gasteiger partial charge in [-0.3, -0.25) is 0 Å². The lowest BCUT2D eigenvalue weighted by atomic mass is 10.2. The molecule has 0 fully saturated rings. The summed E-state index contributed by atoms with van der Waals surface area (Å²) >= 11 is 5.90. The van der Waals surface area contributed by atoms with Crippen molar-refractivity contribution in [2.45, 2.75) is 26.2 Å². The molecular weight excluding hydrogens is 274 g/mol. The number of hydrogen-bond donors (Lipinski definition) is 0. The normalized spacial score (nSPS) is 12.7. The third-order valence-electron chi connectivity index (χ3n) is 2.64. The smallest absolute Gasteiger partial charge is 0.206 e. The van der Waals surface area contributed by atoms with E-state index in [0.717, 1.165) is 4.52 Å². The molecule has 3 nitrogen and oxygen atoms in total. The molecule has 0 aliphatic carbocycles. The zero-order valence-corrected chi connectivity index (χ0v) is 10.1. The van der Waals surface area contributed by atoms with E-state index in [1.165, 1.54) is 6.07 Å². The first-order chi connectivity index (χ1) is 8.25. The summed E-state index contributed by atoms with van der Waals surface area (Å²) in [5.74, 6) is -5.62. The molecular formula is C10H8ClF4N3. The fraction of sp³-hybridized carbons (Fsp3) is 0.400. The molecule has 0 atom stereocenters. The van der Waals surface area contributed by atoms with E-state index >= 15 is 0 Å². The van der Waals surface area contributed by atoms with Crippen LogP contribution in [0.25, 0.3) is 5.65 Å². The molecule has 2 rings (SSSR count). The van der Waals surface area contributed by atoms with Crippen LogP contribution in [-0.2, 0) is 5.92 Å². The predicted molar refractivity (Wildman–Crippen MR) is 57.4 cm³/mol. The van der Waals surface area contributed by atoms with Crippen molar-refractivity contribution < 1.29 is 17.6 Å². The second kappa shape index (κ2) is 4.08. The van der Waals surface area contributed by atoms with Gasteiger partial charge in [-0.25, -0.2) is 18.3 Å². The third kappa shape index (κ3) is 1.82. The summed E-state index contributed by atoms with van der Waals surface area (Å²) in [6, 6.07) is 1.46. The van der Waals surface area contributed by atoms with Crippen LogP contribution in [0.15, 0.2) is 6.07 Å². The van der Waals surface area contributed by atoms with Crippen LogP contribution < -0.4 is 0 Å². The van der Waals surface area contributed by atoms with Crippen molar-refractivity contribution in [2.75, 3.05) is 0 Å². The number of halogens is 5. The zero-order chi connectivity index (χ0) is 13.7. The van der Waals surface area contributed by atoms with E-state index in [-0.39, 0.29) is 10.8 Å². The summed E-state index contributed by atoms with van der Waals surface area (Å²) in [4.78, 5) is 3.41. The summed E-state index contributed by atoms with van der Waals surface area (Å²) in [5, 5.41) is 3.43. The van der Waals surface area contributed by atoms with Crippen LogP contribution in [0, 0.1) is 13.8 Å². The Kier molecular flexibility index (Phi) is 2.96. The van der Waals surface area contributed by atoms with Gasteiger partial charge in [-0.1, -0.05) is 11.6 Å². The lowest BCUT2D eigenvalue weighted by Crippen LogP contribution is -2.25. The van der Waals surface area contributed by atoms with E-state index in [9.17, 15) is 17.6 Å². The molecule has 0 spiro atoms. The van der Waals surface area contributed by atoms with Crippen LogP contribution in [0.3, 0.4) is 0 Å². The van der Waals surface area contributed by atoms with Crippen LogP contribution in [0.2, 0.25) is 5.15 Å². The van der Waals surface area contributed by atoms with Crippen molar-refractivity contribution in [3.05, 3.63) is 28.2 Å². The molecule has 0 radical (unpaired) electrons. The van der Waals surface area contributed by atoms with Gasteiger partial charge in [0.15, 0.2) is 5.65 Å². The Hall–Kier alpha value is -1.37. The van der Waals surface area contributed by atoms with E-state index in [1.54, 1.807) is 13.8 Å². The summed E-state index contributed by atoms with van der Waals surface area (Å²) in [7, 11) is 0. The first-order valence-electron chi connectivity index (χ1n) is 4.94. The maximum absolute atomic E-state index is 13.1. The monoisotopic (exact) mass is 281 g/mol. The highest BCUT2D eigenvalue weighted by Gasteiger charge is 2.47. The number of nitrogens with zero attached hydrogens (tertiary/aromatic N) is 3. The SMILES string of the molecule is Cc1cc2nc(C(F)(F)C(F)F)nn2c(Cl)c1C. The van der Waals surface area contributed by atoms with Gasteiger partial charge in [0.05, 0.1) is 0 Å². The molecule has 0 amide bonds. The zero-order valence-electron chi connectivity index (χ0n) is 9.39. The van der Waals surface area contributed by atoms with Crippen molar-refractivity contribution in [2.24, 2.45) is 0 Å². The largest absolute Gasteiger partial charge is 0.367 e. The Balaban J connectivity index is 2.69. The highest BCUT2D eigenvalue weighted by atomic mass is 35.5. The quantitative estimate of drug-likeness (QED) is 0.624. The lowest BCUT2D eigenvalue weighted by molar-refractivity contribution is -0.140. The van der Waals surface area contributed by atoms with Crippen molar-refractivity contribution in [3.63, 3.8) is 0 Å². The van der Waals surface area contributed by atoms with Gasteiger partial charge in [0.2, 0.25) is 5.82 Å². The van der Waals surface area contributed by atoms with Gasteiger partial charge in [0, 0.05) is 0 Å². The summed E-state index contributed by atoms with van der Waals surface area (Å²) in [6.45, 7) is 3.38. The summed E-state index contributed by atoms with van der Waals surface area (Å²) in [5.41, 5.74) is 1.35. The van der Waals surface area contributed by atoms with Crippen LogP contribution in [0.1, 0.15) is 17.0 Å². The van der Waals surface area contributed by atoms with Crippen LogP contribution in [0.4, 0.5) is 17.6 Å². The van der Waals surface area contributed by atoms with Gasteiger partial charge in [-0.15, -0.1) is 5.10 Å². The lowest BCUT2D eigenvalue weighted by Gasteiger charge is -2.09. The molecule has 0 aliphatic rings. The molecule has 2 aromatic heterocycles. The second-order valence-electron chi connectivity index (χ2n) is 3.87. The van der Waals surface area contributed by atoms with Gasteiger partial charge >= 0.3 is 12.3 Å². The minimum absolute atomic E-state index is 0.0124. The van der Waals surface area contributed by atoms with E-state index in [1.807, 2.05) is 0 Å². The third-order valence-corrected chi connectivity index (χ3v) is 3.08. The average Bonchev–Trinajstić information content (AvgIpc) is 2.70. The van der Waals surface area contributed by atoms with E-state index in [0.29, 0.717) is 11.1 Å². The highest BCUT2D eigenvalue weighted by molar-refractivity contribution is 6.30. The summed E-state index contributed by atoms with van der Waals surface area (Å²) < 4.78 is 51.6. The maximum atomic E-state index is 13.1. The molecule has 0 saturated heterocycles. The first-order valence-corrected chi connectivity index (χ1v) is 5.32. The van der Waals surface area contributed by atoms with Gasteiger partial charge in [-0.05, 0) is 31.0 Å². The van der Waals surface area contributed by atoms with Crippen LogP contribution >= 0.6 is 11.6 Å². The first kappa shape index (κ1) is 13.1. The fourth-order valence-electron chi connectivity index (χ4n) is 1.42. The van der Waals surface area contributed by atoms with Crippen LogP contribution in [-0.4, -0.2) is 21.0 Å². The molecule has 2 aromatic rings. The number of rotatable bonds is 2. The number of aromatic nitrogens is 3. The molecule has 8 heteroatoms. The van der Waals surface area contributed by atoms with E-state index in [2.05, 4.69) is 10.1 Å². The molecule has 2 heterocycles. The molecule has 98 valence electrons. The van der Waals surface area contributed by atoms with Gasteiger partial charge < -0.3 is 0 Å². The Bertz CT molecular complexity index is 609. The van der Waals surface area contributed by atoms with Crippen molar-refractivity contribution in [3.8, 4) is 0 Å². The van der Waals surface area contributed by atoms with Gasteiger partial charge in [0.1, 0.15) is 5.15 Å². The second-order valence-corrected chi connectivity index (χ2v) is 4.23. The standard InChI is InChI=1S/C10H8ClF4N3/c1-4-3-6-16-9(10(14,15)8(12)13)17-18(6)7(11)5(4)2/h3,8H,1-2H3. The number of alkyl halides is 4. The van der Waals surface area contributed by atoms with Crippen molar-refractivity contribution in [1.82, 2.24) is 14.6 Å². The molecule has 0 N–H and O–H groups in total. The fourth-order valence-corrected chi connectivity index (χ4v) is 1.70. The summed E-state index contributed by atoms with van der Waals surface area (Å²) in [6.07, 6.45) is -3.86. The Morgan fingerprint density at radius 2 is 1.94 bits per heavy atom. The number of aryl methyl sites for hydroxylation is 1. The van der Waals surface area contributed by atoms with Crippen molar-refractivity contribution >= 4 is 17.2 Å². The number of fused-ring (bicyclic) bond motifs is 1. The molecule has 0 unspecified atom stereocenters. The minimum atomic E-state index is -4.39. The average molecular weight is 282 g/mol. The molecule has 0 bridgehead atoms. The van der Waals surface area contributed by atoms with E-state index in [4.69, 9.17) is 11.6 Å². The predicted octanol–water partition coefficient (Wildman–Crippen LogP) is 3.36. The minimum Gasteiger partial charge on any atom is -0.206 e. The molecule has 0 aromatic carbocycles. The maximum Gasteiger partial charge on any atom is 0.367 e. The Morgan fingerprint density at radius 1 is 1.33 bits per heavy atom. The van der Waals surface area contributed by atoms with Gasteiger partial charge in [-0.2, -0.15) is 8.78 Å². The molecule has 18 heavy (non-hydrogen) atoms.